The molecule has 2 aromatic heterocycles. The van der Waals surface area contributed by atoms with Gasteiger partial charge in [-0.1, -0.05) is 91.0 Å². The van der Waals surface area contributed by atoms with E-state index in [1.165, 1.54) is 17.3 Å². The van der Waals surface area contributed by atoms with Gasteiger partial charge in [-0.25, -0.2) is 4.98 Å². The van der Waals surface area contributed by atoms with E-state index in [0.29, 0.717) is 23.3 Å². The summed E-state index contributed by atoms with van der Waals surface area (Å²) in [5, 5.41) is 14.6. The van der Waals surface area contributed by atoms with Crippen LogP contribution in [0, 0.1) is 32.1 Å². The molecular formula is C33H29N3O2S. The van der Waals surface area contributed by atoms with E-state index in [9.17, 15) is 10.1 Å². The average Bonchev–Trinajstić information content (AvgIpc) is 3.31. The second-order valence-electron chi connectivity index (χ2n) is 9.61. The number of furan rings is 1. The maximum absolute atomic E-state index is 13.5. The van der Waals surface area contributed by atoms with Crippen molar-refractivity contribution in [3.63, 3.8) is 0 Å². The van der Waals surface area contributed by atoms with E-state index < -0.39 is 5.25 Å². The number of thioether (sulfide) groups is 1. The number of aromatic nitrogens is 1. The summed E-state index contributed by atoms with van der Waals surface area (Å²) in [6.45, 7) is 8.20. The average molecular weight is 532 g/mol. The Labute approximate surface area is 232 Å². The summed E-state index contributed by atoms with van der Waals surface area (Å²) in [5.74, 6) is 0.479. The van der Waals surface area contributed by atoms with Gasteiger partial charge in [0.05, 0.1) is 15.8 Å². The number of pyridine rings is 1. The highest BCUT2D eigenvalue weighted by Crippen LogP contribution is 2.41. The number of nitrogens with zero attached hydrogens (tertiary/aromatic N) is 2. The van der Waals surface area contributed by atoms with E-state index in [4.69, 9.17) is 9.40 Å². The minimum atomic E-state index is -0.419. The predicted molar refractivity (Wildman–Crippen MR) is 159 cm³/mol. The van der Waals surface area contributed by atoms with Gasteiger partial charge in [0.1, 0.15) is 17.4 Å². The van der Waals surface area contributed by atoms with Crippen LogP contribution in [0.4, 0.5) is 5.88 Å². The van der Waals surface area contributed by atoms with Gasteiger partial charge in [-0.15, -0.1) is 0 Å². The third kappa shape index (κ3) is 5.32. The lowest BCUT2D eigenvalue weighted by atomic mass is 9.98. The van der Waals surface area contributed by atoms with Gasteiger partial charge in [-0.2, -0.15) is 5.26 Å². The van der Waals surface area contributed by atoms with E-state index in [1.54, 1.807) is 0 Å². The highest BCUT2D eigenvalue weighted by Gasteiger charge is 2.27. The number of carbonyl (C=O) groups excluding carboxylic acids is 1. The summed E-state index contributed by atoms with van der Waals surface area (Å²) >= 11 is 1.43. The fraction of sp³-hybridized carbons (Fsp3) is 0.182. The Balaban J connectivity index is 1.49. The van der Waals surface area contributed by atoms with Crippen molar-refractivity contribution < 1.29 is 9.21 Å². The molecular weight excluding hydrogens is 502 g/mol. The smallest absolute Gasteiger partial charge is 0.240 e. The molecule has 194 valence electrons. The molecule has 1 amide bonds. The molecule has 1 unspecified atom stereocenters. The van der Waals surface area contributed by atoms with Gasteiger partial charge in [0, 0.05) is 16.5 Å². The van der Waals surface area contributed by atoms with Crippen LogP contribution in [0.25, 0.3) is 33.4 Å². The van der Waals surface area contributed by atoms with E-state index in [2.05, 4.69) is 44.3 Å². The number of aryl methyl sites for hydroxylation is 3. The molecule has 1 N–H and O–H groups in total. The lowest BCUT2D eigenvalue weighted by Crippen LogP contribution is -2.24. The molecule has 5 rings (SSSR count). The zero-order valence-corrected chi connectivity index (χ0v) is 23.2. The van der Waals surface area contributed by atoms with Crippen molar-refractivity contribution in [1.29, 1.82) is 5.26 Å². The summed E-state index contributed by atoms with van der Waals surface area (Å²) in [5.41, 5.74) is 7.04. The Hall–Kier alpha value is -4.34. The number of fused-ring (bicyclic) bond motifs is 1. The predicted octanol–water partition coefficient (Wildman–Crippen LogP) is 8.47. The van der Waals surface area contributed by atoms with E-state index in [-0.39, 0.29) is 11.8 Å². The largest absolute Gasteiger partial charge is 0.438 e. The maximum Gasteiger partial charge on any atom is 0.240 e. The van der Waals surface area contributed by atoms with Gasteiger partial charge in [0.15, 0.2) is 0 Å². The number of hydrogen-bond acceptors (Lipinski definition) is 5. The van der Waals surface area contributed by atoms with Crippen LogP contribution in [0.15, 0.2) is 88.3 Å². The summed E-state index contributed by atoms with van der Waals surface area (Å²) in [6.07, 6.45) is 0.585. The van der Waals surface area contributed by atoms with Gasteiger partial charge in [0.25, 0.3) is 0 Å². The van der Waals surface area contributed by atoms with Gasteiger partial charge < -0.3 is 4.42 Å². The van der Waals surface area contributed by atoms with Crippen molar-refractivity contribution in [1.82, 2.24) is 4.98 Å². The standard InChI is InChI=1S/C33H29N3O2S/c1-5-27(39-28-18-21(3)25-17-20(2)16-22(4)30(25)35-28)32(37)36-33-26(19-34)29(23-12-8-6-9-13-23)31(38-33)24-14-10-7-11-15-24/h6-18,27H,5H2,1-4H3,(H,36,37). The van der Waals surface area contributed by atoms with Crippen molar-refractivity contribution in [3.05, 3.63) is 101 Å². The van der Waals surface area contributed by atoms with Gasteiger partial charge >= 0.3 is 0 Å². The van der Waals surface area contributed by atoms with Gasteiger partial charge in [-0.05, 0) is 56.0 Å². The van der Waals surface area contributed by atoms with Crippen molar-refractivity contribution in [2.75, 3.05) is 5.32 Å². The topological polar surface area (TPSA) is 78.9 Å². The van der Waals surface area contributed by atoms with Crippen LogP contribution in [0.5, 0.6) is 0 Å². The molecule has 0 spiro atoms. The molecule has 5 nitrogen and oxygen atoms in total. The Morgan fingerprint density at radius 2 is 1.64 bits per heavy atom. The molecule has 2 heterocycles. The number of nitriles is 1. The summed E-state index contributed by atoms with van der Waals surface area (Å²) < 4.78 is 6.22. The summed E-state index contributed by atoms with van der Waals surface area (Å²) in [7, 11) is 0. The Morgan fingerprint density at radius 3 is 2.28 bits per heavy atom. The third-order valence-corrected chi connectivity index (χ3v) is 8.00. The van der Waals surface area contributed by atoms with Crippen molar-refractivity contribution in [3.8, 4) is 28.5 Å². The maximum atomic E-state index is 13.5. The molecule has 0 bridgehead atoms. The summed E-state index contributed by atoms with van der Waals surface area (Å²) in [6, 6.07) is 27.9. The lowest BCUT2D eigenvalue weighted by Gasteiger charge is -2.15. The number of anilines is 1. The number of carbonyl (C=O) groups is 1. The van der Waals surface area contributed by atoms with Crippen LogP contribution in [0.2, 0.25) is 0 Å². The minimum absolute atomic E-state index is 0.160. The first-order chi connectivity index (χ1) is 18.9. The first-order valence-corrected chi connectivity index (χ1v) is 13.8. The normalized spacial score (nSPS) is 11.8. The number of nitrogens with one attached hydrogen (secondary N) is 1. The first-order valence-electron chi connectivity index (χ1n) is 12.9. The second kappa shape index (κ2) is 11.2. The van der Waals surface area contributed by atoms with Crippen LogP contribution in [0.1, 0.15) is 35.6 Å². The highest BCUT2D eigenvalue weighted by molar-refractivity contribution is 8.00. The Bertz CT molecular complexity index is 1700. The monoisotopic (exact) mass is 531 g/mol. The van der Waals surface area contributed by atoms with Crippen molar-refractivity contribution in [2.24, 2.45) is 0 Å². The SMILES string of the molecule is CCC(Sc1cc(C)c2cc(C)cc(C)c2n1)C(=O)Nc1oc(-c2ccccc2)c(-c2ccccc2)c1C#N. The zero-order valence-electron chi connectivity index (χ0n) is 22.4. The molecule has 0 radical (unpaired) electrons. The quantitative estimate of drug-likeness (QED) is 0.213. The number of benzene rings is 3. The number of hydrogen-bond donors (Lipinski definition) is 1. The zero-order chi connectivity index (χ0) is 27.5. The van der Waals surface area contributed by atoms with Crippen LogP contribution < -0.4 is 5.32 Å². The molecule has 3 aromatic carbocycles. The molecule has 0 aliphatic rings. The van der Waals surface area contributed by atoms with E-state index in [0.717, 1.165) is 38.2 Å². The Morgan fingerprint density at radius 1 is 0.974 bits per heavy atom. The molecule has 6 heteroatoms. The summed E-state index contributed by atoms with van der Waals surface area (Å²) in [4.78, 5) is 18.4. The molecule has 1 atom stereocenters. The van der Waals surface area contributed by atoms with E-state index in [1.807, 2.05) is 73.7 Å². The van der Waals surface area contributed by atoms with Gasteiger partial charge in [-0.3, -0.25) is 10.1 Å². The van der Waals surface area contributed by atoms with Crippen molar-refractivity contribution >= 4 is 34.5 Å². The van der Waals surface area contributed by atoms with Crippen LogP contribution in [0.3, 0.4) is 0 Å². The fourth-order valence-corrected chi connectivity index (χ4v) is 5.85. The number of amides is 1. The number of rotatable bonds is 7. The second-order valence-corrected chi connectivity index (χ2v) is 10.8. The third-order valence-electron chi connectivity index (χ3n) is 6.71. The van der Waals surface area contributed by atoms with E-state index >= 15 is 0 Å². The molecule has 0 fully saturated rings. The fourth-order valence-electron chi connectivity index (χ4n) is 4.83. The molecule has 0 saturated heterocycles. The lowest BCUT2D eigenvalue weighted by molar-refractivity contribution is -0.115. The molecule has 39 heavy (non-hydrogen) atoms. The van der Waals surface area contributed by atoms with Crippen LogP contribution >= 0.6 is 11.8 Å². The first kappa shape index (κ1) is 26.3. The van der Waals surface area contributed by atoms with Gasteiger partial charge in [0.2, 0.25) is 11.8 Å². The van der Waals surface area contributed by atoms with Crippen LogP contribution in [-0.4, -0.2) is 16.1 Å². The highest BCUT2D eigenvalue weighted by atomic mass is 32.2. The van der Waals surface area contributed by atoms with Crippen molar-refractivity contribution in [2.45, 2.75) is 44.4 Å². The van der Waals surface area contributed by atoms with Crippen LogP contribution in [-0.2, 0) is 4.79 Å². The Kier molecular flexibility index (Phi) is 7.53. The minimum Gasteiger partial charge on any atom is -0.438 e. The molecule has 5 aromatic rings. The molecule has 0 saturated carbocycles. The molecule has 0 aliphatic carbocycles. The molecule has 0 aliphatic heterocycles.